The van der Waals surface area contributed by atoms with E-state index in [1.165, 1.54) is 12.1 Å². The standard InChI is InChI=1S/C7H3Cl3O2.K/c8-3-1-2-4(9)6(10)5(3)7(11)12;/h1-2H,(H,11,12);. The maximum Gasteiger partial charge on any atom is 0.338 e. The molecule has 0 aromatic heterocycles. The summed E-state index contributed by atoms with van der Waals surface area (Å²) in [6, 6.07) is 2.83. The second kappa shape index (κ2) is 5.93. The predicted molar refractivity (Wildman–Crippen MR) is 54.2 cm³/mol. The van der Waals surface area contributed by atoms with Crippen molar-refractivity contribution in [3.8, 4) is 0 Å². The Morgan fingerprint density at radius 2 is 1.62 bits per heavy atom. The summed E-state index contributed by atoms with van der Waals surface area (Å²) in [4.78, 5) is 10.6. The Hall–Kier alpha value is 1.20. The normalized spacial score (nSPS) is 9.15. The molecule has 0 atom stereocenters. The van der Waals surface area contributed by atoms with Gasteiger partial charge in [0.05, 0.1) is 20.6 Å². The maximum atomic E-state index is 10.6. The third-order valence-electron chi connectivity index (χ3n) is 1.26. The van der Waals surface area contributed by atoms with Crippen molar-refractivity contribution < 1.29 is 9.90 Å². The zero-order valence-electron chi connectivity index (χ0n) is 6.64. The Kier molecular flexibility index (Phi) is 6.47. The van der Waals surface area contributed by atoms with Gasteiger partial charge < -0.3 is 5.11 Å². The molecule has 1 radical (unpaired) electrons. The number of carboxylic acid groups (broad SMARTS) is 1. The molecule has 0 amide bonds. The maximum absolute atomic E-state index is 10.6. The third-order valence-corrected chi connectivity index (χ3v) is 2.38. The fourth-order valence-corrected chi connectivity index (χ4v) is 1.41. The predicted octanol–water partition coefficient (Wildman–Crippen LogP) is 2.96. The van der Waals surface area contributed by atoms with E-state index in [1.807, 2.05) is 0 Å². The molecule has 6 heteroatoms. The largest absolute Gasteiger partial charge is 0.478 e. The molecule has 65 valence electrons. The van der Waals surface area contributed by atoms with Gasteiger partial charge in [-0.25, -0.2) is 4.79 Å². The zero-order valence-corrected chi connectivity index (χ0v) is 12.0. The Morgan fingerprint density at radius 1 is 1.15 bits per heavy atom. The number of hydrogen-bond donors (Lipinski definition) is 1. The van der Waals surface area contributed by atoms with Crippen LogP contribution in [0.1, 0.15) is 10.4 Å². The monoisotopic (exact) mass is 263 g/mol. The first-order valence-corrected chi connectivity index (χ1v) is 4.04. The Morgan fingerprint density at radius 3 is 2.00 bits per heavy atom. The van der Waals surface area contributed by atoms with Crippen molar-refractivity contribution in [1.29, 1.82) is 0 Å². The number of aromatic carboxylic acids is 1. The first-order valence-electron chi connectivity index (χ1n) is 2.91. The minimum atomic E-state index is -1.19. The fourth-order valence-electron chi connectivity index (χ4n) is 0.723. The molecule has 13 heavy (non-hydrogen) atoms. The van der Waals surface area contributed by atoms with Gasteiger partial charge in [0.25, 0.3) is 0 Å². The quantitative estimate of drug-likeness (QED) is 0.625. The third kappa shape index (κ3) is 3.36. The Balaban J connectivity index is 0.00000144. The van der Waals surface area contributed by atoms with Gasteiger partial charge in [0, 0.05) is 51.4 Å². The van der Waals surface area contributed by atoms with Crippen LogP contribution >= 0.6 is 34.8 Å². The van der Waals surface area contributed by atoms with E-state index in [-0.39, 0.29) is 72.0 Å². The van der Waals surface area contributed by atoms with Crippen molar-refractivity contribution in [3.05, 3.63) is 32.8 Å². The van der Waals surface area contributed by atoms with Crippen molar-refractivity contribution in [1.82, 2.24) is 0 Å². The van der Waals surface area contributed by atoms with Crippen molar-refractivity contribution in [3.63, 3.8) is 0 Å². The molecule has 0 unspecified atom stereocenters. The van der Waals surface area contributed by atoms with Crippen molar-refractivity contribution in [2.24, 2.45) is 0 Å². The van der Waals surface area contributed by atoms with Gasteiger partial charge in [0.2, 0.25) is 0 Å². The van der Waals surface area contributed by atoms with E-state index in [1.54, 1.807) is 0 Å². The molecule has 0 heterocycles. The summed E-state index contributed by atoms with van der Waals surface area (Å²) >= 11 is 16.7. The topological polar surface area (TPSA) is 37.3 Å². The van der Waals surface area contributed by atoms with Crippen LogP contribution in [0.15, 0.2) is 12.1 Å². The molecule has 0 spiro atoms. The van der Waals surface area contributed by atoms with E-state index < -0.39 is 5.97 Å². The van der Waals surface area contributed by atoms with Gasteiger partial charge in [0.15, 0.2) is 0 Å². The molecular weight excluding hydrogens is 262 g/mol. The molecule has 1 aromatic carbocycles. The molecular formula is C7H3Cl3KO2. The molecule has 0 aliphatic heterocycles. The number of benzene rings is 1. The van der Waals surface area contributed by atoms with Crippen molar-refractivity contribution >= 4 is 92.2 Å². The van der Waals surface area contributed by atoms with E-state index in [0.29, 0.717) is 0 Å². The van der Waals surface area contributed by atoms with E-state index >= 15 is 0 Å². The summed E-state index contributed by atoms with van der Waals surface area (Å²) in [7, 11) is 0. The van der Waals surface area contributed by atoms with Crippen LogP contribution in [0.3, 0.4) is 0 Å². The van der Waals surface area contributed by atoms with Gasteiger partial charge in [-0.05, 0) is 12.1 Å². The van der Waals surface area contributed by atoms with E-state index in [2.05, 4.69) is 0 Å². The second-order valence-electron chi connectivity index (χ2n) is 2.02. The van der Waals surface area contributed by atoms with Crippen LogP contribution in [0.5, 0.6) is 0 Å². The molecule has 1 N–H and O–H groups in total. The first-order chi connectivity index (χ1) is 5.54. The van der Waals surface area contributed by atoms with Crippen molar-refractivity contribution in [2.75, 3.05) is 0 Å². The molecule has 2 nitrogen and oxygen atoms in total. The van der Waals surface area contributed by atoms with Crippen LogP contribution in [-0.2, 0) is 0 Å². The average molecular weight is 265 g/mol. The second-order valence-corrected chi connectivity index (χ2v) is 3.22. The Labute approximate surface area is 133 Å². The van der Waals surface area contributed by atoms with Gasteiger partial charge in [0.1, 0.15) is 0 Å². The fraction of sp³-hybridized carbons (Fsp3) is 0. The van der Waals surface area contributed by atoms with Gasteiger partial charge in [-0.1, -0.05) is 34.8 Å². The molecule has 0 aliphatic carbocycles. The smallest absolute Gasteiger partial charge is 0.338 e. The Bertz CT molecular complexity index is 341. The van der Waals surface area contributed by atoms with Crippen molar-refractivity contribution in [2.45, 2.75) is 0 Å². The number of carbonyl (C=O) groups is 1. The van der Waals surface area contributed by atoms with E-state index in [9.17, 15) is 4.79 Å². The van der Waals surface area contributed by atoms with Crippen LogP contribution in [0.25, 0.3) is 0 Å². The summed E-state index contributed by atoms with van der Waals surface area (Å²) < 4.78 is 0. The summed E-state index contributed by atoms with van der Waals surface area (Å²) in [5, 5.41) is 8.87. The molecule has 1 rings (SSSR count). The number of hydrogen-bond acceptors (Lipinski definition) is 1. The molecule has 0 bridgehead atoms. The van der Waals surface area contributed by atoms with Gasteiger partial charge in [-0.3, -0.25) is 0 Å². The summed E-state index contributed by atoms with van der Waals surface area (Å²) in [6.07, 6.45) is 0. The summed E-state index contributed by atoms with van der Waals surface area (Å²) in [5.41, 5.74) is -0.161. The number of halogens is 3. The molecule has 0 aliphatic rings. The SMILES string of the molecule is O=C(O)c1c(Cl)ccc(Cl)c1Cl.[K]. The molecule has 0 saturated carbocycles. The number of rotatable bonds is 1. The number of carboxylic acids is 1. The van der Waals surface area contributed by atoms with Crippen LogP contribution in [0.2, 0.25) is 15.1 Å². The van der Waals surface area contributed by atoms with Gasteiger partial charge >= 0.3 is 5.97 Å². The van der Waals surface area contributed by atoms with Crippen LogP contribution in [0, 0.1) is 0 Å². The minimum absolute atomic E-state index is 0. The van der Waals surface area contributed by atoms with Crippen LogP contribution in [-0.4, -0.2) is 62.5 Å². The van der Waals surface area contributed by atoms with Crippen LogP contribution < -0.4 is 0 Å². The van der Waals surface area contributed by atoms with Gasteiger partial charge in [-0.2, -0.15) is 0 Å². The van der Waals surface area contributed by atoms with Crippen LogP contribution in [0.4, 0.5) is 0 Å². The van der Waals surface area contributed by atoms with E-state index in [4.69, 9.17) is 39.9 Å². The average Bonchev–Trinajstić information content (AvgIpc) is 1.97. The van der Waals surface area contributed by atoms with E-state index in [0.717, 1.165) is 0 Å². The molecule has 1 aromatic rings. The molecule has 0 fully saturated rings. The first kappa shape index (κ1) is 14.2. The summed E-state index contributed by atoms with van der Waals surface area (Å²) in [6.45, 7) is 0. The summed E-state index contributed by atoms with van der Waals surface area (Å²) in [5.74, 6) is -1.19. The van der Waals surface area contributed by atoms with Gasteiger partial charge in [-0.15, -0.1) is 0 Å². The zero-order chi connectivity index (χ0) is 9.30. The minimum Gasteiger partial charge on any atom is -0.478 e. The molecule has 0 saturated heterocycles.